The van der Waals surface area contributed by atoms with Crippen LogP contribution in [0.25, 0.3) is 0 Å². The lowest BCUT2D eigenvalue weighted by Gasteiger charge is -2.48. The molecule has 19 heteroatoms. The topological polar surface area (TPSA) is 307 Å². The summed E-state index contributed by atoms with van der Waals surface area (Å²) in [5.41, 5.74) is 0. The molecule has 84 heavy (non-hydrogen) atoms. The predicted octanol–water partition coefficient (Wildman–Crippen LogP) is 6.31. The summed E-state index contributed by atoms with van der Waals surface area (Å²) in [6.07, 6.45) is 33.6. The van der Waals surface area contributed by atoms with E-state index in [1.807, 2.05) is 18.2 Å². The van der Waals surface area contributed by atoms with Gasteiger partial charge in [-0.25, -0.2) is 0 Å². The van der Waals surface area contributed by atoms with E-state index in [1.165, 1.54) is 57.8 Å². The SMILES string of the molecule is CC/C=C\C/C=C\C/C=C\C/C=C\C/C=C\C/C=C\C/C=C\CCCC(=O)NC(COC1OC(CO)C(OC2OC(CO)C(OC3OC(CO)C(O)C(O)C3O)C(O)C2O)C(O)C1O)C(O)/C=C/CC/C=C/CCCCCCCCCCCC. The van der Waals surface area contributed by atoms with Gasteiger partial charge in [0.15, 0.2) is 18.9 Å². The molecule has 0 saturated carbocycles. The summed E-state index contributed by atoms with van der Waals surface area (Å²) in [5.74, 6) is -0.349. The summed E-state index contributed by atoms with van der Waals surface area (Å²) in [7, 11) is 0. The summed E-state index contributed by atoms with van der Waals surface area (Å²) in [4.78, 5) is 13.3. The van der Waals surface area contributed by atoms with Crippen LogP contribution in [0, 0.1) is 0 Å². The van der Waals surface area contributed by atoms with Crippen molar-refractivity contribution in [2.24, 2.45) is 0 Å². The van der Waals surface area contributed by atoms with Gasteiger partial charge in [-0.05, 0) is 83.5 Å². The van der Waals surface area contributed by atoms with Crippen molar-refractivity contribution in [1.82, 2.24) is 5.32 Å². The maximum Gasteiger partial charge on any atom is 0.220 e. The van der Waals surface area contributed by atoms with Gasteiger partial charge in [-0.15, -0.1) is 0 Å². The number of nitrogens with one attached hydrogen (secondary N) is 1. The Morgan fingerprint density at radius 3 is 1.33 bits per heavy atom. The average molecular weight is 1190 g/mol. The number of aliphatic hydroxyl groups excluding tert-OH is 11. The van der Waals surface area contributed by atoms with E-state index < -0.39 is 131 Å². The molecule has 0 spiro atoms. The molecule has 3 saturated heterocycles. The second kappa shape index (κ2) is 46.6. The molecular formula is C65H107NO18. The van der Waals surface area contributed by atoms with Crippen molar-refractivity contribution < 1.29 is 89.4 Å². The van der Waals surface area contributed by atoms with Gasteiger partial charge in [0.05, 0.1) is 38.6 Å². The highest BCUT2D eigenvalue weighted by Crippen LogP contribution is 2.33. The number of rotatable bonds is 44. The van der Waals surface area contributed by atoms with Crippen LogP contribution in [-0.2, 0) is 33.2 Å². The van der Waals surface area contributed by atoms with Gasteiger partial charge in [-0.2, -0.15) is 0 Å². The van der Waals surface area contributed by atoms with Crippen LogP contribution < -0.4 is 5.32 Å². The number of carbonyl (C=O) groups is 1. The van der Waals surface area contributed by atoms with Gasteiger partial charge in [0, 0.05) is 6.42 Å². The number of ether oxygens (including phenoxy) is 6. The molecule has 3 aliphatic heterocycles. The third-order valence-electron chi connectivity index (χ3n) is 14.8. The molecule has 17 atom stereocenters. The highest BCUT2D eigenvalue weighted by Gasteiger charge is 2.53. The zero-order valence-electron chi connectivity index (χ0n) is 50.1. The summed E-state index contributed by atoms with van der Waals surface area (Å²) in [6.45, 7) is 1.52. The zero-order valence-corrected chi connectivity index (χ0v) is 50.1. The minimum atomic E-state index is -1.99. The average Bonchev–Trinajstić information content (AvgIpc) is 3.69. The lowest BCUT2D eigenvalue weighted by Crippen LogP contribution is -2.66. The molecule has 1 amide bonds. The van der Waals surface area contributed by atoms with Crippen molar-refractivity contribution in [3.05, 3.63) is 109 Å². The highest BCUT2D eigenvalue weighted by molar-refractivity contribution is 5.76. The molecule has 480 valence electrons. The van der Waals surface area contributed by atoms with Gasteiger partial charge in [0.2, 0.25) is 5.91 Å². The summed E-state index contributed by atoms with van der Waals surface area (Å²) in [6, 6.07) is -1.03. The van der Waals surface area contributed by atoms with Gasteiger partial charge in [0.1, 0.15) is 73.2 Å². The summed E-state index contributed by atoms with van der Waals surface area (Å²) < 4.78 is 34.2. The molecule has 12 N–H and O–H groups in total. The minimum absolute atomic E-state index is 0.148. The molecule has 3 rings (SSSR count). The van der Waals surface area contributed by atoms with Crippen molar-refractivity contribution in [2.45, 2.75) is 266 Å². The first-order valence-electron chi connectivity index (χ1n) is 31.1. The fourth-order valence-corrected chi connectivity index (χ4v) is 9.72. The Morgan fingerprint density at radius 2 is 0.833 bits per heavy atom. The molecule has 0 aliphatic carbocycles. The van der Waals surface area contributed by atoms with Gasteiger partial charge in [0.25, 0.3) is 0 Å². The smallest absolute Gasteiger partial charge is 0.220 e. The number of allylic oxidation sites excluding steroid dienone is 17. The Kier molecular flexibility index (Phi) is 41.4. The lowest BCUT2D eigenvalue weighted by molar-refractivity contribution is -0.379. The second-order valence-corrected chi connectivity index (χ2v) is 21.8. The van der Waals surface area contributed by atoms with E-state index in [4.69, 9.17) is 28.4 Å². The van der Waals surface area contributed by atoms with Crippen molar-refractivity contribution in [1.29, 1.82) is 0 Å². The van der Waals surface area contributed by atoms with E-state index in [0.717, 1.165) is 64.2 Å². The van der Waals surface area contributed by atoms with Crippen LogP contribution in [0.1, 0.15) is 162 Å². The predicted molar refractivity (Wildman–Crippen MR) is 323 cm³/mol. The Morgan fingerprint density at radius 1 is 0.440 bits per heavy atom. The minimum Gasteiger partial charge on any atom is -0.394 e. The van der Waals surface area contributed by atoms with Gasteiger partial charge < -0.3 is 89.9 Å². The molecule has 3 aliphatic rings. The Bertz CT molecular complexity index is 1950. The fraction of sp³-hybridized carbons (Fsp3) is 0.708. The molecule has 17 unspecified atom stereocenters. The first kappa shape index (κ1) is 74.7. The molecule has 0 radical (unpaired) electrons. The normalized spacial score (nSPS) is 29.9. The first-order valence-corrected chi connectivity index (χ1v) is 31.1. The Labute approximate surface area is 500 Å². The van der Waals surface area contributed by atoms with E-state index in [9.17, 15) is 61.0 Å². The molecule has 0 aromatic rings. The number of aliphatic hydroxyl groups is 11. The van der Waals surface area contributed by atoms with Crippen molar-refractivity contribution in [3.63, 3.8) is 0 Å². The number of hydrogen-bond donors (Lipinski definition) is 12. The van der Waals surface area contributed by atoms with Crippen LogP contribution in [0.15, 0.2) is 109 Å². The maximum atomic E-state index is 13.3. The Hall–Kier alpha value is -3.55. The van der Waals surface area contributed by atoms with Crippen LogP contribution in [-0.4, -0.2) is 193 Å². The van der Waals surface area contributed by atoms with Crippen molar-refractivity contribution in [3.8, 4) is 0 Å². The third kappa shape index (κ3) is 29.4. The van der Waals surface area contributed by atoms with Crippen LogP contribution in [0.3, 0.4) is 0 Å². The number of unbranched alkanes of at least 4 members (excludes halogenated alkanes) is 12. The summed E-state index contributed by atoms with van der Waals surface area (Å²) in [5, 5.41) is 120. The van der Waals surface area contributed by atoms with Crippen LogP contribution >= 0.6 is 0 Å². The highest BCUT2D eigenvalue weighted by atomic mass is 16.8. The zero-order chi connectivity index (χ0) is 61.2. The molecule has 3 fully saturated rings. The number of amides is 1. The van der Waals surface area contributed by atoms with Crippen LogP contribution in [0.5, 0.6) is 0 Å². The maximum absolute atomic E-state index is 13.3. The fourth-order valence-electron chi connectivity index (χ4n) is 9.72. The van der Waals surface area contributed by atoms with Crippen molar-refractivity contribution >= 4 is 5.91 Å². The molecule has 0 bridgehead atoms. The lowest BCUT2D eigenvalue weighted by atomic mass is 9.96. The van der Waals surface area contributed by atoms with Gasteiger partial charge in [-0.3, -0.25) is 4.79 Å². The first-order chi connectivity index (χ1) is 40.8. The molecule has 3 heterocycles. The van der Waals surface area contributed by atoms with Gasteiger partial charge in [-0.1, -0.05) is 181 Å². The van der Waals surface area contributed by atoms with E-state index in [0.29, 0.717) is 19.3 Å². The second-order valence-electron chi connectivity index (χ2n) is 21.8. The molecule has 0 aromatic heterocycles. The van der Waals surface area contributed by atoms with E-state index in [1.54, 1.807) is 6.08 Å². The molecular weight excluding hydrogens is 1080 g/mol. The Balaban J connectivity index is 1.52. The van der Waals surface area contributed by atoms with E-state index in [2.05, 4.69) is 104 Å². The van der Waals surface area contributed by atoms with E-state index >= 15 is 0 Å². The standard InChI is InChI=1S/C65H107NO18/c1-3-5-7-9-11-13-15-17-19-21-22-23-24-25-26-27-29-31-33-35-37-39-41-43-53(71)66-48(49(70)42-40-38-36-34-32-30-28-20-18-16-14-12-10-8-6-4-2)47-79-63-59(77)56(74)61(51(45-68)81-63)84-65-60(78)57(75)62(52(46-69)82-65)83-64-58(76)55(73)54(72)50(44-67)80-64/h5,7,11,13,17,19,22-23,25-26,29,31-32,34-35,37,40,42,48-52,54-65,67-70,72-78H,3-4,6,8-10,12,14-16,18,20-21,24,27-28,30,33,36,38-39,41,43-47H2,1-2H3,(H,66,71)/b7-5-,13-11-,19-17-,23-22-,26-25-,31-29-,34-32+,37-35-,42-40+. The van der Waals surface area contributed by atoms with Crippen LogP contribution in [0.4, 0.5) is 0 Å². The molecule has 19 nitrogen and oxygen atoms in total. The van der Waals surface area contributed by atoms with Crippen LogP contribution in [0.2, 0.25) is 0 Å². The molecule has 0 aromatic carbocycles. The van der Waals surface area contributed by atoms with Crippen molar-refractivity contribution in [2.75, 3.05) is 26.4 Å². The third-order valence-corrected chi connectivity index (χ3v) is 14.8. The summed E-state index contributed by atoms with van der Waals surface area (Å²) >= 11 is 0. The van der Waals surface area contributed by atoms with Gasteiger partial charge >= 0.3 is 0 Å². The quantitative estimate of drug-likeness (QED) is 0.0235. The number of carbonyl (C=O) groups excluding carboxylic acids is 1. The number of hydrogen-bond acceptors (Lipinski definition) is 18. The monoisotopic (exact) mass is 1190 g/mol. The largest absolute Gasteiger partial charge is 0.394 e. The van der Waals surface area contributed by atoms with E-state index in [-0.39, 0.29) is 12.3 Å².